The first-order valence-corrected chi connectivity index (χ1v) is 10.4. The molecule has 0 unspecified atom stereocenters. The van der Waals surface area contributed by atoms with Crippen LogP contribution in [0.3, 0.4) is 0 Å². The molecular formula is C23H20Cl2N4O2. The van der Waals surface area contributed by atoms with Crippen LogP contribution in [0.5, 0.6) is 0 Å². The van der Waals surface area contributed by atoms with Crippen molar-refractivity contribution < 1.29 is 9.32 Å². The number of nitrogens with zero attached hydrogens (tertiary/aromatic N) is 3. The van der Waals surface area contributed by atoms with Crippen LogP contribution in [-0.4, -0.2) is 20.8 Å². The van der Waals surface area contributed by atoms with Gasteiger partial charge in [0.15, 0.2) is 11.5 Å². The van der Waals surface area contributed by atoms with E-state index in [1.54, 1.807) is 24.3 Å². The van der Waals surface area contributed by atoms with Gasteiger partial charge in [-0.15, -0.1) is 0 Å². The molecule has 2 aromatic carbocycles. The molecule has 0 aliphatic heterocycles. The lowest BCUT2D eigenvalue weighted by molar-refractivity contribution is 0.101. The maximum absolute atomic E-state index is 12.8. The van der Waals surface area contributed by atoms with Crippen molar-refractivity contribution in [2.75, 3.05) is 5.32 Å². The van der Waals surface area contributed by atoms with Crippen LogP contribution in [0.4, 0.5) is 5.69 Å². The van der Waals surface area contributed by atoms with Crippen molar-refractivity contribution in [2.24, 2.45) is 0 Å². The SMILES string of the molecule is Cc1ccccc1Cn1nc(C)c(NC(=O)c2cc(-c3ccc(Cl)c(Cl)c3)on2)c1C. The summed E-state index contributed by atoms with van der Waals surface area (Å²) in [4.78, 5) is 12.8. The van der Waals surface area contributed by atoms with Crippen LogP contribution in [0, 0.1) is 20.8 Å². The molecular weight excluding hydrogens is 435 g/mol. The first-order valence-electron chi connectivity index (χ1n) is 9.65. The Labute approximate surface area is 189 Å². The summed E-state index contributed by atoms with van der Waals surface area (Å²) >= 11 is 12.0. The molecule has 2 heterocycles. The van der Waals surface area contributed by atoms with Crippen LogP contribution in [0.2, 0.25) is 10.0 Å². The lowest BCUT2D eigenvalue weighted by Crippen LogP contribution is -2.13. The van der Waals surface area contributed by atoms with Gasteiger partial charge < -0.3 is 9.84 Å². The highest BCUT2D eigenvalue weighted by atomic mass is 35.5. The fourth-order valence-corrected chi connectivity index (χ4v) is 3.62. The average molecular weight is 455 g/mol. The summed E-state index contributed by atoms with van der Waals surface area (Å²) in [7, 11) is 0. The number of nitrogens with one attached hydrogen (secondary N) is 1. The molecule has 0 fully saturated rings. The van der Waals surface area contributed by atoms with Crippen LogP contribution in [0.1, 0.15) is 33.0 Å². The molecule has 0 aliphatic carbocycles. The van der Waals surface area contributed by atoms with Gasteiger partial charge in [-0.3, -0.25) is 9.48 Å². The van der Waals surface area contributed by atoms with Crippen LogP contribution in [0.15, 0.2) is 53.1 Å². The van der Waals surface area contributed by atoms with Crippen molar-refractivity contribution in [1.29, 1.82) is 0 Å². The van der Waals surface area contributed by atoms with E-state index >= 15 is 0 Å². The van der Waals surface area contributed by atoms with Crippen molar-refractivity contribution in [1.82, 2.24) is 14.9 Å². The lowest BCUT2D eigenvalue weighted by atomic mass is 10.1. The number of anilines is 1. The first kappa shape index (κ1) is 21.2. The Balaban J connectivity index is 1.54. The van der Waals surface area contributed by atoms with Gasteiger partial charge in [0.05, 0.1) is 33.7 Å². The largest absolute Gasteiger partial charge is 0.355 e. The first-order chi connectivity index (χ1) is 14.8. The lowest BCUT2D eigenvalue weighted by Gasteiger charge is -2.08. The van der Waals surface area contributed by atoms with Gasteiger partial charge >= 0.3 is 0 Å². The summed E-state index contributed by atoms with van der Waals surface area (Å²) in [5.41, 5.74) is 5.46. The van der Waals surface area contributed by atoms with Crippen LogP contribution in [-0.2, 0) is 6.54 Å². The highest BCUT2D eigenvalue weighted by Gasteiger charge is 2.19. The molecule has 2 aromatic heterocycles. The molecule has 0 atom stereocenters. The quantitative estimate of drug-likeness (QED) is 0.396. The van der Waals surface area contributed by atoms with Crippen molar-refractivity contribution in [3.05, 3.63) is 86.8 Å². The van der Waals surface area contributed by atoms with E-state index in [0.717, 1.165) is 11.4 Å². The van der Waals surface area contributed by atoms with Crippen molar-refractivity contribution in [3.63, 3.8) is 0 Å². The molecule has 4 rings (SSSR count). The zero-order valence-corrected chi connectivity index (χ0v) is 18.8. The molecule has 1 amide bonds. The smallest absolute Gasteiger partial charge is 0.277 e. The third kappa shape index (κ3) is 4.36. The number of halogens is 2. The maximum atomic E-state index is 12.8. The summed E-state index contributed by atoms with van der Waals surface area (Å²) in [6.45, 7) is 6.49. The second-order valence-corrected chi connectivity index (χ2v) is 8.10. The number of hydrogen-bond acceptors (Lipinski definition) is 4. The summed E-state index contributed by atoms with van der Waals surface area (Å²) in [6, 6.07) is 14.8. The van der Waals surface area contributed by atoms with E-state index < -0.39 is 0 Å². The number of benzene rings is 2. The number of hydrogen-bond donors (Lipinski definition) is 1. The molecule has 4 aromatic rings. The van der Waals surface area contributed by atoms with Crippen molar-refractivity contribution in [2.45, 2.75) is 27.3 Å². The van der Waals surface area contributed by atoms with E-state index in [1.165, 1.54) is 11.1 Å². The van der Waals surface area contributed by atoms with Crippen LogP contribution < -0.4 is 5.32 Å². The molecule has 0 saturated carbocycles. The Morgan fingerprint density at radius 3 is 2.58 bits per heavy atom. The fourth-order valence-electron chi connectivity index (χ4n) is 3.33. The standard InChI is InChI=1S/C23H20Cl2N4O2/c1-13-6-4-5-7-17(13)12-29-15(3)22(14(2)27-29)26-23(30)20-11-21(31-28-20)16-8-9-18(24)19(25)10-16/h4-11H,12H2,1-3H3,(H,26,30). The highest BCUT2D eigenvalue weighted by molar-refractivity contribution is 6.42. The van der Waals surface area contributed by atoms with Gasteiger partial charge in [0.25, 0.3) is 5.91 Å². The van der Waals surface area contributed by atoms with E-state index in [1.807, 2.05) is 30.7 Å². The number of carbonyl (C=O) groups excluding carboxylic acids is 1. The third-order valence-corrected chi connectivity index (χ3v) is 5.89. The predicted octanol–water partition coefficient (Wildman–Crippen LogP) is 6.07. The summed E-state index contributed by atoms with van der Waals surface area (Å²) in [6.07, 6.45) is 0. The topological polar surface area (TPSA) is 73.0 Å². The molecule has 0 saturated heterocycles. The van der Waals surface area contributed by atoms with Crippen LogP contribution >= 0.6 is 23.2 Å². The Hall–Kier alpha value is -3.09. The maximum Gasteiger partial charge on any atom is 0.277 e. The Morgan fingerprint density at radius 2 is 1.84 bits per heavy atom. The number of carbonyl (C=O) groups is 1. The Bertz CT molecular complexity index is 1280. The molecule has 6 nitrogen and oxygen atoms in total. The summed E-state index contributed by atoms with van der Waals surface area (Å²) in [5, 5.41) is 12.2. The second kappa shape index (κ2) is 8.57. The molecule has 158 valence electrons. The zero-order valence-electron chi connectivity index (χ0n) is 17.2. The number of aromatic nitrogens is 3. The molecule has 31 heavy (non-hydrogen) atoms. The highest BCUT2D eigenvalue weighted by Crippen LogP contribution is 2.29. The molecule has 0 spiro atoms. The molecule has 8 heteroatoms. The minimum atomic E-state index is -0.378. The summed E-state index contributed by atoms with van der Waals surface area (Å²) < 4.78 is 7.22. The monoisotopic (exact) mass is 454 g/mol. The third-order valence-electron chi connectivity index (χ3n) is 5.15. The van der Waals surface area contributed by atoms with Gasteiger partial charge in [0.1, 0.15) is 0 Å². The minimum absolute atomic E-state index is 0.159. The van der Waals surface area contributed by atoms with Crippen molar-refractivity contribution >= 4 is 34.8 Å². The number of amides is 1. The normalized spacial score (nSPS) is 11.0. The van der Waals surface area contributed by atoms with E-state index in [2.05, 4.69) is 34.6 Å². The number of aryl methyl sites for hydroxylation is 2. The summed E-state index contributed by atoms with van der Waals surface area (Å²) in [5.74, 6) is 0.0455. The molecule has 0 bridgehead atoms. The van der Waals surface area contributed by atoms with E-state index in [0.29, 0.717) is 33.6 Å². The van der Waals surface area contributed by atoms with Gasteiger partial charge in [-0.25, -0.2) is 0 Å². The van der Waals surface area contributed by atoms with Gasteiger partial charge in [-0.05, 0) is 50.1 Å². The van der Waals surface area contributed by atoms with E-state index in [-0.39, 0.29) is 11.6 Å². The Morgan fingerprint density at radius 1 is 1.06 bits per heavy atom. The number of rotatable bonds is 5. The van der Waals surface area contributed by atoms with Gasteiger partial charge in [0, 0.05) is 11.6 Å². The molecule has 1 N–H and O–H groups in total. The van der Waals surface area contributed by atoms with Crippen LogP contribution in [0.25, 0.3) is 11.3 Å². The zero-order chi connectivity index (χ0) is 22.1. The predicted molar refractivity (Wildman–Crippen MR) is 122 cm³/mol. The van der Waals surface area contributed by atoms with Gasteiger partial charge in [-0.2, -0.15) is 5.10 Å². The van der Waals surface area contributed by atoms with E-state index in [4.69, 9.17) is 27.7 Å². The second-order valence-electron chi connectivity index (χ2n) is 7.29. The molecule has 0 aliphatic rings. The average Bonchev–Trinajstić information content (AvgIpc) is 3.33. The minimum Gasteiger partial charge on any atom is -0.355 e. The van der Waals surface area contributed by atoms with Crippen molar-refractivity contribution in [3.8, 4) is 11.3 Å². The van der Waals surface area contributed by atoms with Gasteiger partial charge in [0.2, 0.25) is 0 Å². The molecule has 0 radical (unpaired) electrons. The Kier molecular flexibility index (Phi) is 5.85. The van der Waals surface area contributed by atoms with E-state index in [9.17, 15) is 4.79 Å². The van der Waals surface area contributed by atoms with Gasteiger partial charge in [-0.1, -0.05) is 52.6 Å². The fraction of sp³-hybridized carbons (Fsp3) is 0.174.